The summed E-state index contributed by atoms with van der Waals surface area (Å²) in [6.45, 7) is -0.402. The second-order valence-corrected chi connectivity index (χ2v) is 6.60. The maximum Gasteiger partial charge on any atom is 0.341 e. The van der Waals surface area contributed by atoms with Crippen LogP contribution in [0, 0.1) is 0 Å². The fourth-order valence-electron chi connectivity index (χ4n) is 2.46. The van der Waals surface area contributed by atoms with Crippen LogP contribution < -0.4 is 14.8 Å². The molecule has 0 aliphatic rings. The van der Waals surface area contributed by atoms with Crippen LogP contribution in [0.5, 0.6) is 11.5 Å². The summed E-state index contributed by atoms with van der Waals surface area (Å²) >= 11 is 1.44. The number of methoxy groups -OCH3 is 1. The maximum atomic E-state index is 10.5. The fraction of sp³-hybridized carbons (Fsp3) is 0.111. The number of ether oxygens (including phenoxy) is 2. The van der Waals surface area contributed by atoms with E-state index in [1.54, 1.807) is 31.4 Å². The number of benzene rings is 2. The van der Waals surface area contributed by atoms with Gasteiger partial charge in [0.25, 0.3) is 0 Å². The highest BCUT2D eigenvalue weighted by molar-refractivity contribution is 7.22. The normalized spacial score (nSPS) is 10.8. The molecule has 0 aliphatic carbocycles. The molecular weight excluding hydrogens is 384 g/mol. The summed E-state index contributed by atoms with van der Waals surface area (Å²) in [6.07, 6.45) is 0. The third kappa shape index (κ3) is 3.71. The predicted molar refractivity (Wildman–Crippen MR) is 102 cm³/mol. The number of thiazole rings is 1. The number of nitrogens with one attached hydrogen (secondary N) is 1. The molecule has 0 bridgehead atoms. The molecule has 9 nitrogen and oxygen atoms in total. The summed E-state index contributed by atoms with van der Waals surface area (Å²) in [5.74, 6) is 0.404. The third-order valence-electron chi connectivity index (χ3n) is 3.70. The van der Waals surface area contributed by atoms with E-state index in [0.717, 1.165) is 10.2 Å². The van der Waals surface area contributed by atoms with Gasteiger partial charge in [-0.3, -0.25) is 5.32 Å². The van der Waals surface area contributed by atoms with Crippen LogP contribution in [0.25, 0.3) is 21.7 Å². The first-order valence-corrected chi connectivity index (χ1v) is 8.93. The molecule has 0 unspecified atom stereocenters. The summed E-state index contributed by atoms with van der Waals surface area (Å²) in [5, 5.41) is 20.2. The quantitative estimate of drug-likeness (QED) is 0.481. The molecule has 0 saturated heterocycles. The Hall–Kier alpha value is -3.66. The Morgan fingerprint density at radius 3 is 2.79 bits per heavy atom. The van der Waals surface area contributed by atoms with Crippen LogP contribution in [0.15, 0.2) is 46.9 Å². The number of anilines is 2. The van der Waals surface area contributed by atoms with Gasteiger partial charge < -0.3 is 19.0 Å². The monoisotopic (exact) mass is 398 g/mol. The second-order valence-electron chi connectivity index (χ2n) is 5.57. The average molecular weight is 398 g/mol. The molecule has 0 aliphatic heterocycles. The number of nitrogens with zero attached hydrogens (tertiary/aromatic N) is 3. The Balaban J connectivity index is 1.49. The van der Waals surface area contributed by atoms with Crippen molar-refractivity contribution in [3.8, 4) is 23.0 Å². The summed E-state index contributed by atoms with van der Waals surface area (Å²) < 4.78 is 17.0. The van der Waals surface area contributed by atoms with Gasteiger partial charge in [0.05, 0.1) is 11.8 Å². The minimum atomic E-state index is -1.04. The maximum absolute atomic E-state index is 10.5. The number of hydrogen-bond donors (Lipinski definition) is 2. The average Bonchev–Trinajstić information content (AvgIpc) is 3.33. The Labute approximate surface area is 162 Å². The Bertz CT molecular complexity index is 1120. The number of rotatable bonds is 7. The molecule has 0 atom stereocenters. The van der Waals surface area contributed by atoms with Crippen LogP contribution in [-0.2, 0) is 4.79 Å². The van der Waals surface area contributed by atoms with Crippen LogP contribution in [0.4, 0.5) is 11.1 Å². The zero-order valence-corrected chi connectivity index (χ0v) is 15.4. The molecule has 2 heterocycles. The van der Waals surface area contributed by atoms with Crippen molar-refractivity contribution in [2.24, 2.45) is 0 Å². The van der Waals surface area contributed by atoms with Gasteiger partial charge in [0, 0.05) is 5.56 Å². The van der Waals surface area contributed by atoms with E-state index < -0.39 is 12.6 Å². The molecule has 0 amide bonds. The minimum absolute atomic E-state index is 0.208. The standard InChI is InChI=1S/C18H14N4O5S/c1-25-12-3-2-4-13-15(12)19-18(28-13)20-17-22-21-16(27-17)10-5-7-11(8-6-10)26-9-14(23)24/h2-8H,9H2,1H3,(H,23,24)(H,19,20,22). The Morgan fingerprint density at radius 1 is 1.21 bits per heavy atom. The van der Waals surface area contributed by atoms with Crippen molar-refractivity contribution in [1.29, 1.82) is 0 Å². The molecule has 0 fully saturated rings. The minimum Gasteiger partial charge on any atom is -0.494 e. The molecule has 28 heavy (non-hydrogen) atoms. The van der Waals surface area contributed by atoms with Crippen molar-refractivity contribution in [2.75, 3.05) is 19.0 Å². The highest BCUT2D eigenvalue weighted by atomic mass is 32.1. The molecule has 0 saturated carbocycles. The summed E-state index contributed by atoms with van der Waals surface area (Å²) in [5.41, 5.74) is 1.43. The van der Waals surface area contributed by atoms with E-state index in [2.05, 4.69) is 20.5 Å². The molecule has 4 aromatic rings. The molecule has 2 aromatic heterocycles. The predicted octanol–water partition coefficient (Wildman–Crippen LogP) is 3.56. The fourth-order valence-corrected chi connectivity index (χ4v) is 3.34. The van der Waals surface area contributed by atoms with Crippen LogP contribution in [0.3, 0.4) is 0 Å². The topological polar surface area (TPSA) is 120 Å². The van der Waals surface area contributed by atoms with Crippen molar-refractivity contribution < 1.29 is 23.8 Å². The van der Waals surface area contributed by atoms with E-state index in [1.807, 2.05) is 18.2 Å². The molecule has 2 aromatic carbocycles. The van der Waals surface area contributed by atoms with E-state index in [1.165, 1.54) is 11.3 Å². The Kier molecular flexibility index (Phi) is 4.77. The number of carboxylic acid groups (broad SMARTS) is 1. The number of para-hydroxylation sites is 1. The third-order valence-corrected chi connectivity index (χ3v) is 4.64. The SMILES string of the molecule is COc1cccc2sc(Nc3nnc(-c4ccc(OCC(=O)O)cc4)o3)nc12. The van der Waals surface area contributed by atoms with E-state index in [0.29, 0.717) is 28.1 Å². The lowest BCUT2D eigenvalue weighted by atomic mass is 10.2. The molecule has 0 spiro atoms. The molecule has 4 rings (SSSR count). The number of fused-ring (bicyclic) bond motifs is 1. The van der Waals surface area contributed by atoms with E-state index in [4.69, 9.17) is 19.0 Å². The van der Waals surface area contributed by atoms with Crippen molar-refractivity contribution in [3.05, 3.63) is 42.5 Å². The first-order valence-electron chi connectivity index (χ1n) is 8.11. The number of hydrogen-bond acceptors (Lipinski definition) is 9. The molecule has 142 valence electrons. The number of aromatic nitrogens is 3. The van der Waals surface area contributed by atoms with Gasteiger partial charge in [0.15, 0.2) is 11.7 Å². The number of aliphatic carboxylic acids is 1. The van der Waals surface area contributed by atoms with E-state index in [9.17, 15) is 4.79 Å². The summed E-state index contributed by atoms with van der Waals surface area (Å²) in [4.78, 5) is 15.0. The van der Waals surface area contributed by atoms with Gasteiger partial charge in [0.1, 0.15) is 17.0 Å². The molecular formula is C18H14N4O5S. The van der Waals surface area contributed by atoms with Gasteiger partial charge >= 0.3 is 12.0 Å². The van der Waals surface area contributed by atoms with Crippen molar-refractivity contribution in [1.82, 2.24) is 15.2 Å². The van der Waals surface area contributed by atoms with Crippen LogP contribution in [0.2, 0.25) is 0 Å². The van der Waals surface area contributed by atoms with E-state index in [-0.39, 0.29) is 6.01 Å². The number of carbonyl (C=O) groups is 1. The van der Waals surface area contributed by atoms with Crippen LogP contribution >= 0.6 is 11.3 Å². The van der Waals surface area contributed by atoms with Gasteiger partial charge in [0.2, 0.25) is 5.89 Å². The van der Waals surface area contributed by atoms with Crippen molar-refractivity contribution >= 4 is 38.7 Å². The highest BCUT2D eigenvalue weighted by Gasteiger charge is 2.13. The lowest BCUT2D eigenvalue weighted by Crippen LogP contribution is -2.09. The van der Waals surface area contributed by atoms with Crippen LogP contribution in [-0.4, -0.2) is 40.0 Å². The molecule has 2 N–H and O–H groups in total. The van der Waals surface area contributed by atoms with Crippen molar-refractivity contribution in [2.45, 2.75) is 0 Å². The van der Waals surface area contributed by atoms with Gasteiger partial charge in [-0.15, -0.1) is 5.10 Å². The first kappa shape index (κ1) is 17.7. The van der Waals surface area contributed by atoms with Gasteiger partial charge in [-0.05, 0) is 36.4 Å². The van der Waals surface area contributed by atoms with Gasteiger partial charge in [-0.25, -0.2) is 9.78 Å². The van der Waals surface area contributed by atoms with Gasteiger partial charge in [-0.2, -0.15) is 0 Å². The summed E-state index contributed by atoms with van der Waals surface area (Å²) in [6, 6.07) is 12.6. The van der Waals surface area contributed by atoms with Gasteiger partial charge in [-0.1, -0.05) is 22.5 Å². The smallest absolute Gasteiger partial charge is 0.341 e. The molecule has 10 heteroatoms. The first-order chi connectivity index (χ1) is 13.6. The zero-order valence-electron chi connectivity index (χ0n) is 14.6. The molecule has 0 radical (unpaired) electrons. The highest BCUT2D eigenvalue weighted by Crippen LogP contribution is 2.33. The Morgan fingerprint density at radius 2 is 2.04 bits per heavy atom. The largest absolute Gasteiger partial charge is 0.494 e. The lowest BCUT2D eigenvalue weighted by Gasteiger charge is -2.02. The van der Waals surface area contributed by atoms with E-state index >= 15 is 0 Å². The second kappa shape index (κ2) is 7.53. The number of carboxylic acids is 1. The lowest BCUT2D eigenvalue weighted by molar-refractivity contribution is -0.139. The van der Waals surface area contributed by atoms with Crippen LogP contribution in [0.1, 0.15) is 0 Å². The van der Waals surface area contributed by atoms with Crippen molar-refractivity contribution in [3.63, 3.8) is 0 Å². The summed E-state index contributed by atoms with van der Waals surface area (Å²) in [7, 11) is 1.60. The zero-order chi connectivity index (χ0) is 19.5.